The smallest absolute Gasteiger partial charge is 0.180 e. The van der Waals surface area contributed by atoms with Crippen molar-refractivity contribution in [1.29, 1.82) is 0 Å². The number of anilines is 2. The Balaban J connectivity index is 1.85. The number of hydrogen-bond acceptors (Lipinski definition) is 6. The zero-order chi connectivity index (χ0) is 17.9. The van der Waals surface area contributed by atoms with E-state index in [1.807, 2.05) is 64.2 Å². The molecule has 1 atom stereocenters. The largest absolute Gasteiger partial charge is 0.337 e. The van der Waals surface area contributed by atoms with Crippen LogP contribution in [0.3, 0.4) is 0 Å². The molecule has 7 heteroatoms. The third-order valence-corrected chi connectivity index (χ3v) is 5.48. The number of hydrazone groups is 1. The molecule has 1 aliphatic heterocycles. The second-order valence-corrected chi connectivity index (χ2v) is 7.35. The van der Waals surface area contributed by atoms with E-state index < -0.39 is 6.17 Å². The maximum absolute atomic E-state index is 12.0. The number of pyridine rings is 1. The quantitative estimate of drug-likeness (QED) is 0.587. The summed E-state index contributed by atoms with van der Waals surface area (Å²) in [4.78, 5) is 18.5. The fraction of sp³-hybridized carbons (Fsp3) is 0.105. The maximum Gasteiger partial charge on any atom is 0.180 e. The van der Waals surface area contributed by atoms with E-state index in [9.17, 15) is 4.79 Å². The van der Waals surface area contributed by atoms with Crippen LogP contribution < -0.4 is 9.91 Å². The molecule has 5 nitrogen and oxygen atoms in total. The predicted molar refractivity (Wildman–Crippen MR) is 109 cm³/mol. The van der Waals surface area contributed by atoms with Gasteiger partial charge in [0.2, 0.25) is 0 Å². The fourth-order valence-electron chi connectivity index (χ4n) is 2.90. The lowest BCUT2D eigenvalue weighted by atomic mass is 10.1. The number of thiophene rings is 1. The first kappa shape index (κ1) is 16.9. The number of nitrogens with zero attached hydrogens (tertiary/aromatic N) is 4. The molecule has 0 bridgehead atoms. The van der Waals surface area contributed by atoms with E-state index in [2.05, 4.69) is 20.9 Å². The minimum Gasteiger partial charge on any atom is -0.337 e. The lowest BCUT2D eigenvalue weighted by Gasteiger charge is -2.40. The number of aldehydes is 1. The molecule has 2 aromatic heterocycles. The topological polar surface area (TPSA) is 48.8 Å². The third-order valence-electron chi connectivity index (χ3n) is 4.14. The molecule has 1 aliphatic rings. The van der Waals surface area contributed by atoms with Crippen LogP contribution in [0.5, 0.6) is 0 Å². The second-order valence-electron chi connectivity index (χ2n) is 5.72. The number of rotatable bonds is 4. The van der Waals surface area contributed by atoms with Crippen LogP contribution in [-0.4, -0.2) is 29.7 Å². The third kappa shape index (κ3) is 3.15. The van der Waals surface area contributed by atoms with Gasteiger partial charge in [-0.15, -0.1) is 0 Å². The molecule has 0 N–H and O–H groups in total. The van der Waals surface area contributed by atoms with Crippen molar-refractivity contribution in [2.75, 3.05) is 16.5 Å². The van der Waals surface area contributed by atoms with Gasteiger partial charge in [-0.2, -0.15) is 16.4 Å². The molecule has 0 amide bonds. The number of aromatic nitrogens is 1. The van der Waals surface area contributed by atoms with Crippen LogP contribution in [0.2, 0.25) is 0 Å². The Hall–Kier alpha value is -2.51. The Morgan fingerprint density at radius 3 is 2.69 bits per heavy atom. The molecule has 3 aromatic rings. The molecule has 0 radical (unpaired) electrons. The minimum atomic E-state index is -0.532. The maximum atomic E-state index is 12.0. The lowest BCUT2D eigenvalue weighted by molar-refractivity contribution is -0.109. The van der Waals surface area contributed by atoms with E-state index in [-0.39, 0.29) is 0 Å². The van der Waals surface area contributed by atoms with Gasteiger partial charge >= 0.3 is 0 Å². The summed E-state index contributed by atoms with van der Waals surface area (Å²) in [5.41, 5.74) is 3.44. The van der Waals surface area contributed by atoms with Crippen molar-refractivity contribution in [3.63, 3.8) is 0 Å². The number of carbonyl (C=O) groups excluding carboxylic acids is 1. The molecule has 130 valence electrons. The zero-order valence-corrected chi connectivity index (χ0v) is 16.1. The van der Waals surface area contributed by atoms with Crippen molar-refractivity contribution in [3.8, 4) is 0 Å². The van der Waals surface area contributed by atoms with Crippen LogP contribution in [0.15, 0.2) is 75.1 Å². The predicted octanol–water partition coefficient (Wildman–Crippen LogP) is 4.16. The first-order chi connectivity index (χ1) is 12.8. The van der Waals surface area contributed by atoms with Gasteiger partial charge in [-0.1, -0.05) is 18.2 Å². The molecule has 0 saturated carbocycles. The summed E-state index contributed by atoms with van der Waals surface area (Å²) >= 11 is 5.18. The fourth-order valence-corrected chi connectivity index (χ4v) is 4.02. The Kier molecular flexibility index (Phi) is 4.81. The van der Waals surface area contributed by atoms with Gasteiger partial charge in [-0.25, -0.2) is 5.01 Å². The van der Waals surface area contributed by atoms with Gasteiger partial charge in [0.1, 0.15) is 5.71 Å². The molecular weight excluding hydrogens is 412 g/mol. The summed E-state index contributed by atoms with van der Waals surface area (Å²) in [6.45, 7) is 0.512. The standard InChI is InChI=1S/C19H15BrN4OS/c20-15-5-1-2-7-18(15)24-19(12-25)23(14-8-10-26-13-14)11-17(22-24)16-6-3-4-9-21-16/h1-10,12-13,19H,11H2. The summed E-state index contributed by atoms with van der Waals surface area (Å²) in [5.74, 6) is 0. The summed E-state index contributed by atoms with van der Waals surface area (Å²) in [5, 5.41) is 10.6. The van der Waals surface area contributed by atoms with Crippen LogP contribution in [0.25, 0.3) is 0 Å². The summed E-state index contributed by atoms with van der Waals surface area (Å²) in [6, 6.07) is 15.5. The van der Waals surface area contributed by atoms with Crippen LogP contribution in [-0.2, 0) is 4.79 Å². The lowest BCUT2D eigenvalue weighted by Crippen LogP contribution is -2.54. The monoisotopic (exact) mass is 426 g/mol. The van der Waals surface area contributed by atoms with E-state index in [1.165, 1.54) is 0 Å². The first-order valence-corrected chi connectivity index (χ1v) is 9.78. The van der Waals surface area contributed by atoms with Gasteiger partial charge in [-0.05, 0) is 51.6 Å². The van der Waals surface area contributed by atoms with Crippen LogP contribution in [0.1, 0.15) is 5.69 Å². The molecule has 4 rings (SSSR count). The highest BCUT2D eigenvalue weighted by Crippen LogP contribution is 2.32. The highest BCUT2D eigenvalue weighted by molar-refractivity contribution is 9.10. The molecule has 0 aliphatic carbocycles. The number of halogens is 1. The SMILES string of the molecule is O=CC1N(c2ccsc2)CC(c2ccccn2)=NN1c1ccccc1Br. The molecule has 1 aromatic carbocycles. The van der Waals surface area contributed by atoms with Gasteiger partial charge in [-0.3, -0.25) is 9.78 Å². The Morgan fingerprint density at radius 2 is 2.00 bits per heavy atom. The first-order valence-electron chi connectivity index (χ1n) is 8.04. The van der Waals surface area contributed by atoms with Crippen molar-refractivity contribution < 1.29 is 4.79 Å². The number of benzene rings is 1. The Bertz CT molecular complexity index is 930. The summed E-state index contributed by atoms with van der Waals surface area (Å²) in [7, 11) is 0. The Morgan fingerprint density at radius 1 is 1.15 bits per heavy atom. The van der Waals surface area contributed by atoms with E-state index in [0.29, 0.717) is 6.54 Å². The average molecular weight is 427 g/mol. The summed E-state index contributed by atoms with van der Waals surface area (Å²) < 4.78 is 0.878. The highest BCUT2D eigenvalue weighted by Gasteiger charge is 2.33. The van der Waals surface area contributed by atoms with Crippen molar-refractivity contribution in [3.05, 3.63) is 75.7 Å². The van der Waals surface area contributed by atoms with E-state index in [0.717, 1.165) is 33.5 Å². The van der Waals surface area contributed by atoms with Gasteiger partial charge in [0, 0.05) is 21.7 Å². The van der Waals surface area contributed by atoms with Crippen molar-refractivity contribution in [2.45, 2.75) is 6.17 Å². The average Bonchev–Trinajstić information content (AvgIpc) is 3.23. The number of para-hydroxylation sites is 1. The Labute approximate surface area is 163 Å². The van der Waals surface area contributed by atoms with Crippen molar-refractivity contribution in [2.24, 2.45) is 5.10 Å². The molecule has 0 saturated heterocycles. The number of hydrogen-bond donors (Lipinski definition) is 0. The van der Waals surface area contributed by atoms with Crippen molar-refractivity contribution in [1.82, 2.24) is 4.98 Å². The van der Waals surface area contributed by atoms with Crippen LogP contribution in [0.4, 0.5) is 11.4 Å². The molecule has 1 unspecified atom stereocenters. The molecule has 0 spiro atoms. The molecule has 26 heavy (non-hydrogen) atoms. The van der Waals surface area contributed by atoms with Crippen LogP contribution in [0, 0.1) is 0 Å². The van der Waals surface area contributed by atoms with Gasteiger partial charge in [0.05, 0.1) is 17.9 Å². The molecule has 0 fully saturated rings. The number of carbonyl (C=O) groups is 1. The van der Waals surface area contributed by atoms with Gasteiger partial charge in [0.15, 0.2) is 12.5 Å². The summed E-state index contributed by atoms with van der Waals surface area (Å²) in [6.07, 6.45) is 2.15. The second kappa shape index (κ2) is 7.39. The van der Waals surface area contributed by atoms with E-state index >= 15 is 0 Å². The molecular formula is C19H15BrN4OS. The molecule has 3 heterocycles. The zero-order valence-electron chi connectivity index (χ0n) is 13.7. The normalized spacial score (nSPS) is 17.1. The highest BCUT2D eigenvalue weighted by atomic mass is 79.9. The van der Waals surface area contributed by atoms with E-state index in [4.69, 9.17) is 5.10 Å². The van der Waals surface area contributed by atoms with E-state index in [1.54, 1.807) is 22.5 Å². The van der Waals surface area contributed by atoms with Crippen molar-refractivity contribution >= 4 is 50.6 Å². The van der Waals surface area contributed by atoms with Gasteiger partial charge in [0.25, 0.3) is 0 Å². The van der Waals surface area contributed by atoms with Gasteiger partial charge < -0.3 is 4.90 Å². The minimum absolute atomic E-state index is 0.512. The van der Waals surface area contributed by atoms with Crippen LogP contribution >= 0.6 is 27.3 Å².